The van der Waals surface area contributed by atoms with Crippen molar-refractivity contribution in [1.29, 1.82) is 0 Å². The smallest absolute Gasteiger partial charge is 0.266 e. The minimum atomic E-state index is -0.446. The maximum absolute atomic E-state index is 14.5. The van der Waals surface area contributed by atoms with Crippen LogP contribution in [0.2, 0.25) is 0 Å². The fourth-order valence-electron chi connectivity index (χ4n) is 9.75. The number of hydrogen-bond acceptors (Lipinski definition) is 11. The molecular formula is C61H50N4O9. The average molecular weight is 983 g/mol. The SMILES string of the molecule is Nc1ccc(-c2ccc3c(c2)C(=O)N(c2ccc(-c4ccc(-c5cc(OC6CC6)c(N6C(=O)c7ccc(-c8ccc(N)cc8)cc7C6=O)cc5OC5CC5)c(OC5CC5)c4OC4CC4)cc2OC2CC2)C3=O)cc1. The summed E-state index contributed by atoms with van der Waals surface area (Å²) in [5.41, 5.74) is 21.4. The molecule has 7 aromatic rings. The molecular weight excluding hydrogens is 933 g/mol. The number of rotatable bonds is 16. The lowest BCUT2D eigenvalue weighted by Gasteiger charge is -2.25. The van der Waals surface area contributed by atoms with Crippen LogP contribution in [-0.2, 0) is 0 Å². The number of benzene rings is 7. The number of hydrogen-bond donors (Lipinski definition) is 2. The monoisotopic (exact) mass is 982 g/mol. The van der Waals surface area contributed by atoms with Crippen molar-refractivity contribution in [2.24, 2.45) is 0 Å². The van der Waals surface area contributed by atoms with Gasteiger partial charge in [0.15, 0.2) is 11.5 Å². The Hall–Kier alpha value is -8.58. The molecule has 2 heterocycles. The minimum Gasteiger partial charge on any atom is -0.490 e. The third-order valence-electron chi connectivity index (χ3n) is 14.5. The predicted octanol–water partition coefficient (Wildman–Crippen LogP) is 11.8. The molecule has 0 saturated heterocycles. The average Bonchev–Trinajstić information content (AvgIpc) is 4.18. The molecule has 13 heteroatoms. The number of fused-ring (bicyclic) bond motifs is 2. The van der Waals surface area contributed by atoms with Gasteiger partial charge in [0, 0.05) is 34.1 Å². The number of carbonyl (C=O) groups excluding carboxylic acids is 4. The third kappa shape index (κ3) is 8.12. The first kappa shape index (κ1) is 44.1. The number of anilines is 4. The molecule has 4 amide bonds. The van der Waals surface area contributed by atoms with Crippen molar-refractivity contribution in [3.63, 3.8) is 0 Å². The molecule has 0 radical (unpaired) electrons. The largest absolute Gasteiger partial charge is 0.490 e. The second-order valence-corrected chi connectivity index (χ2v) is 20.6. The Bertz CT molecular complexity index is 3530. The van der Waals surface area contributed by atoms with Gasteiger partial charge in [-0.2, -0.15) is 0 Å². The molecule has 5 saturated carbocycles. The second-order valence-electron chi connectivity index (χ2n) is 20.6. The molecule has 13 nitrogen and oxygen atoms in total. The summed E-state index contributed by atoms with van der Waals surface area (Å²) in [6.45, 7) is 0. The van der Waals surface area contributed by atoms with Crippen LogP contribution in [0.5, 0.6) is 28.7 Å². The van der Waals surface area contributed by atoms with Crippen molar-refractivity contribution >= 4 is 46.4 Å². The predicted molar refractivity (Wildman–Crippen MR) is 280 cm³/mol. The first-order valence-corrected chi connectivity index (χ1v) is 25.7. The molecule has 368 valence electrons. The number of nitrogens with zero attached hydrogens (tertiary/aromatic N) is 2. The highest BCUT2D eigenvalue weighted by atomic mass is 16.5. The van der Waals surface area contributed by atoms with Crippen LogP contribution < -0.4 is 45.0 Å². The van der Waals surface area contributed by atoms with Crippen LogP contribution in [0, 0.1) is 0 Å². The van der Waals surface area contributed by atoms with Crippen LogP contribution in [0.4, 0.5) is 22.7 Å². The Kier molecular flexibility index (Phi) is 10.1. The molecule has 0 spiro atoms. The minimum absolute atomic E-state index is 0.0313. The van der Waals surface area contributed by atoms with Crippen molar-refractivity contribution in [3.05, 3.63) is 150 Å². The lowest BCUT2D eigenvalue weighted by atomic mass is 9.96. The Morgan fingerprint density at radius 2 is 0.689 bits per heavy atom. The van der Waals surface area contributed by atoms with Gasteiger partial charge in [-0.25, -0.2) is 9.80 Å². The van der Waals surface area contributed by atoms with E-state index in [0.29, 0.717) is 84.9 Å². The highest BCUT2D eigenvalue weighted by Gasteiger charge is 2.43. The number of amides is 4. The molecule has 74 heavy (non-hydrogen) atoms. The van der Waals surface area contributed by atoms with Gasteiger partial charge in [0.25, 0.3) is 23.6 Å². The fourth-order valence-corrected chi connectivity index (χ4v) is 9.75. The van der Waals surface area contributed by atoms with Crippen molar-refractivity contribution < 1.29 is 42.9 Å². The van der Waals surface area contributed by atoms with E-state index in [-0.39, 0.29) is 30.5 Å². The van der Waals surface area contributed by atoms with Gasteiger partial charge in [-0.05, 0) is 171 Å². The van der Waals surface area contributed by atoms with E-state index in [9.17, 15) is 19.2 Å². The van der Waals surface area contributed by atoms with E-state index < -0.39 is 23.6 Å². The van der Waals surface area contributed by atoms with Crippen molar-refractivity contribution in [1.82, 2.24) is 0 Å². The normalized spacial score (nSPS) is 17.9. The molecule has 4 N–H and O–H groups in total. The lowest BCUT2D eigenvalue weighted by Crippen LogP contribution is -2.30. The van der Waals surface area contributed by atoms with Crippen molar-refractivity contribution in [3.8, 4) is 73.3 Å². The van der Waals surface area contributed by atoms with E-state index in [2.05, 4.69) is 0 Å². The fraction of sp³-hybridized carbons (Fsp3) is 0.246. The first-order chi connectivity index (χ1) is 36.1. The zero-order chi connectivity index (χ0) is 49.9. The number of nitrogens with two attached hydrogens (primary N) is 2. The zero-order valence-corrected chi connectivity index (χ0v) is 40.3. The zero-order valence-electron chi connectivity index (χ0n) is 40.3. The first-order valence-electron chi connectivity index (χ1n) is 25.7. The van der Waals surface area contributed by atoms with Gasteiger partial charge in [-0.1, -0.05) is 42.5 Å². The van der Waals surface area contributed by atoms with Crippen LogP contribution in [-0.4, -0.2) is 54.1 Å². The maximum Gasteiger partial charge on any atom is 0.266 e. The van der Waals surface area contributed by atoms with Gasteiger partial charge in [-0.3, -0.25) is 19.2 Å². The van der Waals surface area contributed by atoms with E-state index in [4.69, 9.17) is 35.2 Å². The van der Waals surface area contributed by atoms with E-state index in [1.165, 1.54) is 9.80 Å². The summed E-state index contributed by atoms with van der Waals surface area (Å²) in [5, 5.41) is 0. The standard InChI is InChI=1S/C61H50N4O9/c62-37-8-1-32(2-9-37)34-5-22-46-49(27-34)60(68)64(58(46)66)51-26-7-36(29-54(51)71-40-14-15-40)44-24-25-45(57(74-43-20-21-43)56(44)73-42-18-19-42)48-30-55(72-41-16-17-41)52(31-53(48)70-39-12-13-39)65-59(67)47-23-6-35(28-50(47)61(65)69)33-3-10-38(63)11-4-33/h1-11,22-31,39-43H,12-21,62-63H2. The van der Waals surface area contributed by atoms with Gasteiger partial charge in [0.05, 0.1) is 64.1 Å². The van der Waals surface area contributed by atoms with Gasteiger partial charge in [-0.15, -0.1) is 0 Å². The Labute approximate surface area is 426 Å². The number of nitrogen functional groups attached to an aromatic ring is 2. The summed E-state index contributed by atoms with van der Waals surface area (Å²) in [7, 11) is 0. The van der Waals surface area contributed by atoms with Crippen molar-refractivity contribution in [2.45, 2.75) is 94.7 Å². The van der Waals surface area contributed by atoms with Crippen LogP contribution in [0.15, 0.2) is 127 Å². The summed E-state index contributed by atoms with van der Waals surface area (Å²) in [6, 6.07) is 38.7. The van der Waals surface area contributed by atoms with E-state index >= 15 is 0 Å². The molecule has 7 aromatic carbocycles. The third-order valence-corrected chi connectivity index (χ3v) is 14.5. The summed E-state index contributed by atoms with van der Waals surface area (Å²) < 4.78 is 33.8. The highest BCUT2D eigenvalue weighted by Crippen LogP contribution is 2.55. The topological polar surface area (TPSA) is 173 Å². The van der Waals surface area contributed by atoms with Crippen LogP contribution >= 0.6 is 0 Å². The molecule has 14 rings (SSSR count). The van der Waals surface area contributed by atoms with Gasteiger partial charge < -0.3 is 35.2 Å². The molecule has 2 aliphatic heterocycles. The lowest BCUT2D eigenvalue weighted by molar-refractivity contribution is 0.0909. The summed E-state index contributed by atoms with van der Waals surface area (Å²) in [4.78, 5) is 59.9. The molecule has 0 aromatic heterocycles. The number of carbonyl (C=O) groups is 4. The maximum atomic E-state index is 14.5. The summed E-state index contributed by atoms with van der Waals surface area (Å²) in [6.07, 6.45) is 8.39. The quantitative estimate of drug-likeness (QED) is 0.0697. The van der Waals surface area contributed by atoms with Gasteiger partial charge >= 0.3 is 0 Å². The number of imide groups is 2. The molecule has 0 atom stereocenters. The Morgan fingerprint density at radius 1 is 0.311 bits per heavy atom. The summed E-state index contributed by atoms with van der Waals surface area (Å²) >= 11 is 0. The Morgan fingerprint density at radius 3 is 1.19 bits per heavy atom. The van der Waals surface area contributed by atoms with Gasteiger partial charge in [0.2, 0.25) is 0 Å². The van der Waals surface area contributed by atoms with Crippen LogP contribution in [0.25, 0.3) is 44.5 Å². The highest BCUT2D eigenvalue weighted by molar-refractivity contribution is 6.36. The molecule has 7 aliphatic rings. The summed E-state index contributed by atoms with van der Waals surface area (Å²) in [5.74, 6) is 0.657. The van der Waals surface area contributed by atoms with E-state index in [1.807, 2.05) is 78.9 Å². The number of ether oxygens (including phenoxy) is 5. The van der Waals surface area contributed by atoms with Crippen LogP contribution in [0.3, 0.4) is 0 Å². The van der Waals surface area contributed by atoms with Crippen molar-refractivity contribution in [2.75, 3.05) is 21.3 Å². The molecule has 5 aliphatic carbocycles. The van der Waals surface area contributed by atoms with Crippen LogP contribution in [0.1, 0.15) is 106 Å². The Balaban J connectivity index is 0.863. The molecule has 0 bridgehead atoms. The van der Waals surface area contributed by atoms with E-state index in [0.717, 1.165) is 97.6 Å². The van der Waals surface area contributed by atoms with E-state index in [1.54, 1.807) is 48.5 Å². The molecule has 5 fully saturated rings. The second kappa shape index (κ2) is 17.0. The molecule has 0 unspecified atom stereocenters. The van der Waals surface area contributed by atoms with Gasteiger partial charge in [0.1, 0.15) is 17.2 Å².